The quantitative estimate of drug-likeness (QED) is 0.852. The van der Waals surface area contributed by atoms with E-state index in [4.69, 9.17) is 23.2 Å². The Balaban J connectivity index is 2.24. The van der Waals surface area contributed by atoms with E-state index in [2.05, 4.69) is 0 Å². The highest BCUT2D eigenvalue weighted by Crippen LogP contribution is 2.26. The maximum absolute atomic E-state index is 12.2. The van der Waals surface area contributed by atoms with E-state index in [0.29, 0.717) is 35.1 Å². The summed E-state index contributed by atoms with van der Waals surface area (Å²) >= 11 is 11.7. The van der Waals surface area contributed by atoms with Crippen molar-refractivity contribution < 1.29 is 14.7 Å². The second-order valence-corrected chi connectivity index (χ2v) is 5.15. The minimum Gasteiger partial charge on any atom is -0.391 e. The highest BCUT2D eigenvalue weighted by Gasteiger charge is 2.29. The lowest BCUT2D eigenvalue weighted by molar-refractivity contribution is -0.107. The normalized spacial score (nSPS) is 18.5. The number of benzene rings is 1. The van der Waals surface area contributed by atoms with Crippen LogP contribution in [0.3, 0.4) is 0 Å². The molecule has 19 heavy (non-hydrogen) atoms. The van der Waals surface area contributed by atoms with Gasteiger partial charge in [-0.3, -0.25) is 4.79 Å². The number of hydrogen-bond donors (Lipinski definition) is 1. The lowest BCUT2D eigenvalue weighted by Crippen LogP contribution is -2.41. The fraction of sp³-hybridized carbons (Fsp3) is 0.333. The number of hydrogen-bond acceptors (Lipinski definition) is 3. The van der Waals surface area contributed by atoms with Crippen molar-refractivity contribution in [2.75, 3.05) is 18.0 Å². The van der Waals surface area contributed by atoms with Crippen LogP contribution in [-0.2, 0) is 4.79 Å². The van der Waals surface area contributed by atoms with Gasteiger partial charge in [-0.05, 0) is 24.6 Å². The largest absolute Gasteiger partial charge is 0.391 e. The fourth-order valence-electron chi connectivity index (χ4n) is 1.96. The molecule has 1 N–H and O–H groups in total. The molecule has 0 aromatic heterocycles. The van der Waals surface area contributed by atoms with Crippen LogP contribution in [0.2, 0.25) is 10.0 Å². The predicted octanol–water partition coefficient (Wildman–Crippen LogP) is 2.14. The molecule has 1 aromatic rings. The smallest absolute Gasteiger partial charge is 0.331 e. The molecule has 0 saturated carbocycles. The summed E-state index contributed by atoms with van der Waals surface area (Å²) in [6.07, 6.45) is 0.379. The van der Waals surface area contributed by atoms with Gasteiger partial charge in [0.25, 0.3) is 0 Å². The summed E-state index contributed by atoms with van der Waals surface area (Å²) in [6.45, 7) is 0.635. The molecule has 1 heterocycles. The Bertz CT molecular complexity index is 489. The molecular weight excluding hydrogens is 291 g/mol. The molecule has 1 aliphatic rings. The summed E-state index contributed by atoms with van der Waals surface area (Å²) in [5, 5.41) is 10.1. The molecule has 1 saturated heterocycles. The van der Waals surface area contributed by atoms with Gasteiger partial charge in [0.05, 0.1) is 11.8 Å². The number of carbonyl (C=O) groups excluding carboxylic acids is 2. The highest BCUT2D eigenvalue weighted by molar-refractivity contribution is 6.35. The Morgan fingerprint density at radius 2 is 2.00 bits per heavy atom. The van der Waals surface area contributed by atoms with Crippen molar-refractivity contribution in [1.29, 1.82) is 0 Å². The number of aliphatic hydroxyl groups is 1. The van der Waals surface area contributed by atoms with Gasteiger partial charge in [0, 0.05) is 23.1 Å². The Hall–Kier alpha value is -1.30. The fourth-order valence-corrected chi connectivity index (χ4v) is 2.48. The number of carbonyl (C=O) groups is 2. The molecule has 3 amide bonds. The first kappa shape index (κ1) is 14.1. The van der Waals surface area contributed by atoms with Crippen LogP contribution in [0.1, 0.15) is 6.42 Å². The van der Waals surface area contributed by atoms with Gasteiger partial charge < -0.3 is 10.0 Å². The molecule has 102 valence electrons. The Morgan fingerprint density at radius 3 is 2.47 bits per heavy atom. The minimum absolute atomic E-state index is 0.220. The van der Waals surface area contributed by atoms with Gasteiger partial charge in [-0.2, -0.15) is 0 Å². The van der Waals surface area contributed by atoms with Crippen LogP contribution >= 0.6 is 23.2 Å². The number of amides is 3. The number of imide groups is 1. The second-order valence-electron chi connectivity index (χ2n) is 4.27. The molecule has 0 bridgehead atoms. The average Bonchev–Trinajstić information content (AvgIpc) is 2.75. The van der Waals surface area contributed by atoms with Crippen molar-refractivity contribution in [2.24, 2.45) is 0 Å². The van der Waals surface area contributed by atoms with E-state index >= 15 is 0 Å². The van der Waals surface area contributed by atoms with Crippen molar-refractivity contribution in [3.63, 3.8) is 0 Å². The third-order valence-corrected chi connectivity index (χ3v) is 3.31. The van der Waals surface area contributed by atoms with Crippen molar-refractivity contribution in [3.05, 3.63) is 28.2 Å². The topological polar surface area (TPSA) is 60.9 Å². The average molecular weight is 303 g/mol. The number of rotatable bonds is 2. The van der Waals surface area contributed by atoms with Crippen LogP contribution in [0.4, 0.5) is 10.5 Å². The highest BCUT2D eigenvalue weighted by atomic mass is 35.5. The number of likely N-dealkylation sites (tertiary alicyclic amines) is 1. The molecule has 0 radical (unpaired) electrons. The summed E-state index contributed by atoms with van der Waals surface area (Å²) in [5.74, 6) is 0. The summed E-state index contributed by atoms with van der Waals surface area (Å²) in [5.41, 5.74) is 0.305. The van der Waals surface area contributed by atoms with E-state index in [0.717, 1.165) is 4.90 Å². The first-order valence-electron chi connectivity index (χ1n) is 5.69. The van der Waals surface area contributed by atoms with Crippen LogP contribution in [0.15, 0.2) is 18.2 Å². The van der Waals surface area contributed by atoms with E-state index in [-0.39, 0.29) is 6.54 Å². The lowest BCUT2D eigenvalue weighted by atomic mass is 10.3. The van der Waals surface area contributed by atoms with Crippen molar-refractivity contribution in [1.82, 2.24) is 4.90 Å². The number of aliphatic hydroxyl groups excluding tert-OH is 1. The molecule has 1 aliphatic heterocycles. The zero-order chi connectivity index (χ0) is 14.0. The van der Waals surface area contributed by atoms with Crippen LogP contribution in [0.5, 0.6) is 0 Å². The zero-order valence-corrected chi connectivity index (χ0v) is 11.4. The number of urea groups is 1. The zero-order valence-electron chi connectivity index (χ0n) is 9.92. The van der Waals surface area contributed by atoms with Crippen LogP contribution in [0.25, 0.3) is 0 Å². The van der Waals surface area contributed by atoms with E-state index in [1.165, 1.54) is 23.1 Å². The van der Waals surface area contributed by atoms with Crippen molar-refractivity contribution in [2.45, 2.75) is 12.5 Å². The number of halogens is 2. The van der Waals surface area contributed by atoms with Gasteiger partial charge in [-0.15, -0.1) is 0 Å². The molecule has 7 heteroatoms. The van der Waals surface area contributed by atoms with Crippen LogP contribution in [-0.4, -0.2) is 41.6 Å². The summed E-state index contributed by atoms with van der Waals surface area (Å²) in [6, 6.07) is 3.97. The van der Waals surface area contributed by atoms with E-state index < -0.39 is 12.1 Å². The first-order chi connectivity index (χ1) is 9.01. The van der Waals surface area contributed by atoms with Crippen molar-refractivity contribution in [3.8, 4) is 0 Å². The van der Waals surface area contributed by atoms with Gasteiger partial charge in [-0.25, -0.2) is 9.69 Å². The summed E-state index contributed by atoms with van der Waals surface area (Å²) in [4.78, 5) is 25.6. The van der Waals surface area contributed by atoms with Gasteiger partial charge in [0.15, 0.2) is 0 Å². The van der Waals surface area contributed by atoms with Gasteiger partial charge in [0.1, 0.15) is 0 Å². The van der Waals surface area contributed by atoms with E-state index in [1.54, 1.807) is 0 Å². The predicted molar refractivity (Wildman–Crippen MR) is 72.6 cm³/mol. The Kier molecular flexibility index (Phi) is 4.29. The van der Waals surface area contributed by atoms with Gasteiger partial charge in [-0.1, -0.05) is 23.2 Å². The Morgan fingerprint density at radius 1 is 1.37 bits per heavy atom. The molecular formula is C12H12Cl2N2O3. The second kappa shape index (κ2) is 5.77. The molecule has 2 rings (SSSR count). The summed E-state index contributed by atoms with van der Waals surface area (Å²) < 4.78 is 0. The van der Waals surface area contributed by atoms with Gasteiger partial charge >= 0.3 is 6.03 Å². The van der Waals surface area contributed by atoms with Crippen molar-refractivity contribution >= 4 is 41.3 Å². The van der Waals surface area contributed by atoms with Gasteiger partial charge in [0.2, 0.25) is 6.41 Å². The molecule has 0 aliphatic carbocycles. The third kappa shape index (κ3) is 3.18. The monoisotopic (exact) mass is 302 g/mol. The van der Waals surface area contributed by atoms with E-state index in [9.17, 15) is 14.7 Å². The minimum atomic E-state index is -0.541. The molecule has 1 atom stereocenters. The lowest BCUT2D eigenvalue weighted by Gasteiger charge is -2.23. The number of β-amino-alcohol motifs (C(OH)–C–C–N with tert-alkyl or cyclic N) is 1. The molecule has 0 unspecified atom stereocenters. The first-order valence-corrected chi connectivity index (χ1v) is 6.44. The molecule has 1 fully saturated rings. The molecule has 1 aromatic carbocycles. The third-order valence-electron chi connectivity index (χ3n) is 2.87. The standard InChI is InChI=1S/C12H12Cl2N2O3/c13-8-3-9(14)5-10(4-8)16(7-17)12(19)15-2-1-11(18)6-15/h3-5,7,11,18H,1-2,6H2/t11-/m0/s1. The summed E-state index contributed by atoms with van der Waals surface area (Å²) in [7, 11) is 0. The number of anilines is 1. The maximum atomic E-state index is 12.2. The van der Waals surface area contributed by atoms with Crippen LogP contribution < -0.4 is 4.90 Å². The SMILES string of the molecule is O=CN(C(=O)N1CC[C@H](O)C1)c1cc(Cl)cc(Cl)c1. The van der Waals surface area contributed by atoms with Crippen LogP contribution in [0, 0.1) is 0 Å². The molecule has 5 nitrogen and oxygen atoms in total. The Labute approximate surface area is 120 Å². The van der Waals surface area contributed by atoms with E-state index in [1.807, 2.05) is 0 Å². The number of nitrogens with zero attached hydrogens (tertiary/aromatic N) is 2. The maximum Gasteiger partial charge on any atom is 0.331 e. The molecule has 0 spiro atoms.